The summed E-state index contributed by atoms with van der Waals surface area (Å²) in [6.45, 7) is 6.40. The van der Waals surface area contributed by atoms with Crippen LogP contribution in [0.3, 0.4) is 0 Å². The van der Waals surface area contributed by atoms with E-state index in [1.807, 2.05) is 11.9 Å². The summed E-state index contributed by atoms with van der Waals surface area (Å²) < 4.78 is 5.38. The second-order valence-electron chi connectivity index (χ2n) is 3.97. The van der Waals surface area contributed by atoms with Gasteiger partial charge in [-0.15, -0.1) is 0 Å². The Morgan fingerprint density at radius 2 is 2.25 bits per heavy atom. The highest BCUT2D eigenvalue weighted by Crippen LogP contribution is 2.32. The molecular weight excluding hydrogens is 392 g/mol. The molecule has 5 nitrogen and oxygen atoms in total. The third kappa shape index (κ3) is 3.96. The van der Waals surface area contributed by atoms with Crippen LogP contribution >= 0.6 is 31.9 Å². The highest BCUT2D eigenvalue weighted by Gasteiger charge is 2.20. The average Bonchev–Trinajstić information content (AvgIpc) is 2.41. The van der Waals surface area contributed by atoms with Gasteiger partial charge < -0.3 is 14.7 Å². The summed E-state index contributed by atoms with van der Waals surface area (Å²) in [4.78, 5) is 17.7. The van der Waals surface area contributed by atoms with E-state index in [1.54, 1.807) is 13.0 Å². The SMILES string of the molecule is C=C(C(=O)OCC)c1nc(O)c(Br)cc1N(C)CCBr. The number of alkyl halides is 1. The second-order valence-corrected chi connectivity index (χ2v) is 5.62. The Bertz CT molecular complexity index is 521. The number of carbonyl (C=O) groups is 1. The number of hydrogen-bond donors (Lipinski definition) is 1. The second kappa shape index (κ2) is 7.64. The predicted molar refractivity (Wildman–Crippen MR) is 86.3 cm³/mol. The minimum absolute atomic E-state index is 0.117. The number of halogens is 2. The molecular formula is C13H16Br2N2O3. The molecule has 0 fully saturated rings. The van der Waals surface area contributed by atoms with Gasteiger partial charge in [-0.05, 0) is 28.9 Å². The van der Waals surface area contributed by atoms with E-state index in [-0.39, 0.29) is 18.1 Å². The third-order valence-electron chi connectivity index (χ3n) is 2.58. The van der Waals surface area contributed by atoms with Gasteiger partial charge in [0.25, 0.3) is 0 Å². The molecule has 1 aromatic heterocycles. The van der Waals surface area contributed by atoms with Gasteiger partial charge in [0.2, 0.25) is 5.88 Å². The maximum atomic E-state index is 11.8. The third-order valence-corrected chi connectivity index (χ3v) is 3.51. The predicted octanol–water partition coefficient (Wildman–Crippen LogP) is 2.96. The van der Waals surface area contributed by atoms with E-state index < -0.39 is 5.97 Å². The minimum atomic E-state index is -0.546. The zero-order valence-corrected chi connectivity index (χ0v) is 14.5. The Balaban J connectivity index is 3.25. The number of pyridine rings is 1. The maximum Gasteiger partial charge on any atom is 0.339 e. The number of hydrogen-bond acceptors (Lipinski definition) is 5. The largest absolute Gasteiger partial charge is 0.492 e. The van der Waals surface area contributed by atoms with E-state index in [1.165, 1.54) is 0 Å². The lowest BCUT2D eigenvalue weighted by atomic mass is 10.1. The summed E-state index contributed by atoms with van der Waals surface area (Å²) in [6, 6.07) is 1.70. The zero-order chi connectivity index (χ0) is 15.3. The molecule has 0 atom stereocenters. The van der Waals surface area contributed by atoms with E-state index in [0.717, 1.165) is 5.33 Å². The molecule has 0 radical (unpaired) electrons. The van der Waals surface area contributed by atoms with Crippen molar-refractivity contribution < 1.29 is 14.6 Å². The number of esters is 1. The van der Waals surface area contributed by atoms with Gasteiger partial charge in [-0.25, -0.2) is 9.78 Å². The summed E-state index contributed by atoms with van der Waals surface area (Å²) >= 11 is 6.58. The molecule has 20 heavy (non-hydrogen) atoms. The van der Waals surface area contributed by atoms with Crippen LogP contribution in [0.25, 0.3) is 5.57 Å². The molecule has 0 aliphatic rings. The molecule has 7 heteroatoms. The molecule has 1 aromatic rings. The Labute approximate surface area is 134 Å². The molecule has 0 aromatic carbocycles. The first-order valence-electron chi connectivity index (χ1n) is 5.95. The molecule has 1 rings (SSSR count). The number of anilines is 1. The van der Waals surface area contributed by atoms with Crippen molar-refractivity contribution in [1.29, 1.82) is 0 Å². The fourth-order valence-corrected chi connectivity index (χ4v) is 2.38. The fraction of sp³-hybridized carbons (Fsp3) is 0.385. The molecule has 0 unspecified atom stereocenters. The van der Waals surface area contributed by atoms with Crippen LogP contribution in [0, 0.1) is 0 Å². The lowest BCUT2D eigenvalue weighted by Crippen LogP contribution is -2.22. The van der Waals surface area contributed by atoms with Gasteiger partial charge in [-0.2, -0.15) is 0 Å². The van der Waals surface area contributed by atoms with Crippen molar-refractivity contribution in [3.63, 3.8) is 0 Å². The van der Waals surface area contributed by atoms with Gasteiger partial charge in [0.15, 0.2) is 0 Å². The smallest absolute Gasteiger partial charge is 0.339 e. The highest BCUT2D eigenvalue weighted by atomic mass is 79.9. The Hall–Kier alpha value is -1.08. The normalized spacial score (nSPS) is 10.2. The van der Waals surface area contributed by atoms with Crippen LogP contribution in [-0.2, 0) is 9.53 Å². The van der Waals surface area contributed by atoms with Crippen LogP contribution in [0.15, 0.2) is 17.1 Å². The standard InChI is InChI=1S/C13H16Br2N2O3/c1-4-20-13(19)8(2)11-10(17(3)6-5-14)7-9(15)12(18)16-11/h7H,2,4-6H2,1,3H3,(H,16,18). The maximum absolute atomic E-state index is 11.8. The lowest BCUT2D eigenvalue weighted by Gasteiger charge is -2.22. The molecule has 110 valence electrons. The van der Waals surface area contributed by atoms with Crippen LogP contribution < -0.4 is 4.90 Å². The molecule has 0 amide bonds. The van der Waals surface area contributed by atoms with Crippen molar-refractivity contribution in [2.45, 2.75) is 6.92 Å². The number of aromatic hydroxyl groups is 1. The first-order chi connectivity index (χ1) is 9.42. The number of rotatable bonds is 6. The molecule has 0 bridgehead atoms. The van der Waals surface area contributed by atoms with E-state index in [4.69, 9.17) is 4.74 Å². The van der Waals surface area contributed by atoms with E-state index >= 15 is 0 Å². The van der Waals surface area contributed by atoms with Crippen LogP contribution in [0.4, 0.5) is 5.69 Å². The number of nitrogens with zero attached hydrogens (tertiary/aromatic N) is 2. The Morgan fingerprint density at radius 1 is 1.60 bits per heavy atom. The summed E-state index contributed by atoms with van der Waals surface area (Å²) in [5.74, 6) is -0.739. The Morgan fingerprint density at radius 3 is 2.80 bits per heavy atom. The summed E-state index contributed by atoms with van der Waals surface area (Å²) in [7, 11) is 1.86. The number of ether oxygens (including phenoxy) is 1. The summed E-state index contributed by atoms with van der Waals surface area (Å²) in [5.41, 5.74) is 1.12. The van der Waals surface area contributed by atoms with Crippen molar-refractivity contribution in [2.75, 3.05) is 30.4 Å². The molecule has 1 heterocycles. The average molecular weight is 408 g/mol. The molecule has 0 aliphatic heterocycles. The van der Waals surface area contributed by atoms with Gasteiger partial charge in [0.05, 0.1) is 22.3 Å². The van der Waals surface area contributed by atoms with Crippen LogP contribution in [0.5, 0.6) is 5.88 Å². The van der Waals surface area contributed by atoms with Crippen molar-refractivity contribution in [3.8, 4) is 5.88 Å². The first-order valence-corrected chi connectivity index (χ1v) is 7.86. The highest BCUT2D eigenvalue weighted by molar-refractivity contribution is 9.10. The number of carbonyl (C=O) groups excluding carboxylic acids is 1. The first kappa shape index (κ1) is 17.0. The van der Waals surface area contributed by atoms with E-state index in [0.29, 0.717) is 22.4 Å². The molecule has 1 N–H and O–H groups in total. The molecule has 0 aliphatic carbocycles. The topological polar surface area (TPSA) is 62.7 Å². The van der Waals surface area contributed by atoms with Crippen molar-refractivity contribution >= 4 is 49.1 Å². The lowest BCUT2D eigenvalue weighted by molar-refractivity contribution is -0.136. The van der Waals surface area contributed by atoms with Crippen molar-refractivity contribution in [3.05, 3.63) is 22.8 Å². The van der Waals surface area contributed by atoms with Crippen LogP contribution in [0.2, 0.25) is 0 Å². The van der Waals surface area contributed by atoms with Gasteiger partial charge in [0, 0.05) is 18.9 Å². The summed E-state index contributed by atoms with van der Waals surface area (Å²) in [6.07, 6.45) is 0. The Kier molecular flexibility index (Phi) is 6.48. The minimum Gasteiger partial charge on any atom is -0.492 e. The van der Waals surface area contributed by atoms with Gasteiger partial charge in [-0.3, -0.25) is 0 Å². The number of aromatic nitrogens is 1. The van der Waals surface area contributed by atoms with Crippen molar-refractivity contribution in [1.82, 2.24) is 4.98 Å². The van der Waals surface area contributed by atoms with Gasteiger partial charge in [-0.1, -0.05) is 22.5 Å². The van der Waals surface area contributed by atoms with Crippen LogP contribution in [0.1, 0.15) is 12.6 Å². The quantitative estimate of drug-likeness (QED) is 0.446. The van der Waals surface area contributed by atoms with Gasteiger partial charge in [0.1, 0.15) is 5.69 Å². The molecule has 0 saturated heterocycles. The fourth-order valence-electron chi connectivity index (χ4n) is 1.54. The van der Waals surface area contributed by atoms with E-state index in [2.05, 4.69) is 43.4 Å². The molecule has 0 saturated carbocycles. The van der Waals surface area contributed by atoms with Crippen molar-refractivity contribution in [2.24, 2.45) is 0 Å². The molecule has 0 spiro atoms. The van der Waals surface area contributed by atoms with E-state index in [9.17, 15) is 9.90 Å². The summed E-state index contributed by atoms with van der Waals surface area (Å²) in [5, 5.41) is 10.5. The zero-order valence-electron chi connectivity index (χ0n) is 11.3. The van der Waals surface area contributed by atoms with Gasteiger partial charge >= 0.3 is 5.97 Å². The monoisotopic (exact) mass is 406 g/mol. The van der Waals surface area contributed by atoms with Crippen LogP contribution in [-0.4, -0.2) is 41.6 Å².